The molecule has 3 heteroatoms. The van der Waals surface area contributed by atoms with Crippen LogP contribution in [0.2, 0.25) is 10.6 Å². The molecule has 0 heterocycles. The second-order valence-corrected chi connectivity index (χ2v) is 11.7. The van der Waals surface area contributed by atoms with Crippen molar-refractivity contribution in [2.24, 2.45) is 0 Å². The second kappa shape index (κ2) is 24.7. The highest BCUT2D eigenvalue weighted by Gasteiger charge is 2.22. The molecule has 0 fully saturated rings. The fraction of sp³-hybridized carbons (Fsp3) is 1.00. The van der Waals surface area contributed by atoms with E-state index in [2.05, 4.69) is 27.7 Å². The van der Waals surface area contributed by atoms with Crippen LogP contribution in [-0.4, -0.2) is 27.4 Å². The second-order valence-electron chi connectivity index (χ2n) is 9.08. The highest BCUT2D eigenvalue weighted by molar-refractivity contribution is 6.51. The van der Waals surface area contributed by atoms with Crippen molar-refractivity contribution >= 4 is 14.5 Å². The molecule has 0 rings (SSSR count). The lowest BCUT2D eigenvalue weighted by Gasteiger charge is -2.20. The van der Waals surface area contributed by atoms with Crippen molar-refractivity contribution in [1.82, 2.24) is 0 Å². The zero-order chi connectivity index (χ0) is 21.4. The van der Waals surface area contributed by atoms with E-state index in [1.165, 1.54) is 126 Å². The predicted octanol–water partition coefficient (Wildman–Crippen LogP) is 9.44. The lowest BCUT2D eigenvalue weighted by molar-refractivity contribution is -0.0709. The van der Waals surface area contributed by atoms with Crippen molar-refractivity contribution in [3.05, 3.63) is 0 Å². The third-order valence-electron chi connectivity index (χ3n) is 5.99. The predicted molar refractivity (Wildman–Crippen MR) is 132 cm³/mol. The minimum atomic E-state index is -1.11. The molecular weight excluding hydrogens is 371 g/mol. The Balaban J connectivity index is 3.96. The highest BCUT2D eigenvalue weighted by Crippen LogP contribution is 2.17. The zero-order valence-electron chi connectivity index (χ0n) is 20.8. The Morgan fingerprint density at radius 3 is 1.34 bits per heavy atom. The van der Waals surface area contributed by atoms with Crippen LogP contribution in [0.15, 0.2) is 0 Å². The first-order chi connectivity index (χ1) is 14.2. The van der Waals surface area contributed by atoms with E-state index in [9.17, 15) is 0 Å². The van der Waals surface area contributed by atoms with Crippen LogP contribution in [0.1, 0.15) is 143 Å². The molecule has 0 saturated carbocycles. The van der Waals surface area contributed by atoms with Gasteiger partial charge >= 0.3 is 14.5 Å². The Bertz CT molecular complexity index is 282. The maximum Gasteiger partial charge on any atom is 0.462 e. The Kier molecular flexibility index (Phi) is 25.1. The standard InChI is InChI=1S/C10H21O2.2C8H17.Al/c1-3-4-5-6-7-8-9-12-10(2)11;2*1-3-5-7-8-6-4-2;/h10H,3-9H2,1-2H3;2*1,3-8H2,2H3;/q-1;;;+1. The third-order valence-corrected chi connectivity index (χ3v) is 8.87. The van der Waals surface area contributed by atoms with Gasteiger partial charge in [-0.05, 0) is 13.3 Å². The van der Waals surface area contributed by atoms with Crippen LogP contribution in [0.3, 0.4) is 0 Å². The molecule has 0 amide bonds. The van der Waals surface area contributed by atoms with Crippen molar-refractivity contribution in [2.75, 3.05) is 6.61 Å². The van der Waals surface area contributed by atoms with E-state index in [1.807, 2.05) is 0 Å². The summed E-state index contributed by atoms with van der Waals surface area (Å²) in [6, 6.07) is 0. The molecule has 29 heavy (non-hydrogen) atoms. The van der Waals surface area contributed by atoms with Crippen molar-refractivity contribution in [2.45, 2.75) is 160 Å². The van der Waals surface area contributed by atoms with Gasteiger partial charge in [0.15, 0.2) is 0 Å². The quantitative estimate of drug-likeness (QED) is 0.0869. The minimum Gasteiger partial charge on any atom is -0.478 e. The molecule has 0 bridgehead atoms. The van der Waals surface area contributed by atoms with Crippen LogP contribution in [0.5, 0.6) is 0 Å². The normalized spacial score (nSPS) is 12.4. The molecule has 0 radical (unpaired) electrons. The first-order valence-electron chi connectivity index (χ1n) is 13.5. The van der Waals surface area contributed by atoms with Gasteiger partial charge in [0.25, 0.3) is 0 Å². The summed E-state index contributed by atoms with van der Waals surface area (Å²) in [4.78, 5) is 0. The van der Waals surface area contributed by atoms with Crippen LogP contribution in [0, 0.1) is 0 Å². The Morgan fingerprint density at radius 1 is 0.517 bits per heavy atom. The van der Waals surface area contributed by atoms with Crippen LogP contribution in [-0.2, 0) is 8.53 Å². The molecule has 0 aromatic heterocycles. The molecular formula is C26H55AlO2. The van der Waals surface area contributed by atoms with E-state index in [1.54, 1.807) is 0 Å². The zero-order valence-corrected chi connectivity index (χ0v) is 22.0. The van der Waals surface area contributed by atoms with Gasteiger partial charge in [0.05, 0.1) is 0 Å². The lowest BCUT2D eigenvalue weighted by atomic mass is 10.1. The summed E-state index contributed by atoms with van der Waals surface area (Å²) in [6.45, 7) is 9.88. The van der Waals surface area contributed by atoms with Gasteiger partial charge in [-0.25, -0.2) is 0 Å². The van der Waals surface area contributed by atoms with Crippen molar-refractivity contribution in [1.29, 1.82) is 0 Å². The van der Waals surface area contributed by atoms with Gasteiger partial charge in [0, 0.05) is 6.61 Å². The number of hydrogen-bond donors (Lipinski definition) is 0. The molecule has 174 valence electrons. The SMILES string of the molecule is CCCCCCCCOC(C)[O][Al]([CH2]CCCCCCC)[CH2]CCCCCCC. The van der Waals surface area contributed by atoms with Gasteiger partial charge in [-0.2, -0.15) is 0 Å². The molecule has 0 N–H and O–H groups in total. The maximum atomic E-state index is 6.47. The third kappa shape index (κ3) is 23.0. The van der Waals surface area contributed by atoms with Gasteiger partial charge in [0.1, 0.15) is 6.29 Å². The van der Waals surface area contributed by atoms with Crippen molar-refractivity contribution < 1.29 is 8.53 Å². The largest absolute Gasteiger partial charge is 0.478 e. The molecule has 0 aromatic carbocycles. The molecule has 2 nitrogen and oxygen atoms in total. The molecule has 0 aliphatic heterocycles. The van der Waals surface area contributed by atoms with E-state index in [-0.39, 0.29) is 6.29 Å². The summed E-state index contributed by atoms with van der Waals surface area (Å²) >= 11 is -1.11. The number of unbranched alkanes of at least 4 members (excludes halogenated alkanes) is 15. The fourth-order valence-corrected chi connectivity index (χ4v) is 6.70. The van der Waals surface area contributed by atoms with E-state index >= 15 is 0 Å². The van der Waals surface area contributed by atoms with Gasteiger partial charge in [-0.15, -0.1) is 0 Å². The molecule has 0 spiro atoms. The van der Waals surface area contributed by atoms with Crippen LogP contribution < -0.4 is 0 Å². The molecule has 0 aliphatic rings. The lowest BCUT2D eigenvalue weighted by Crippen LogP contribution is -2.26. The van der Waals surface area contributed by atoms with Gasteiger partial charge in [-0.3, -0.25) is 0 Å². The Labute approximate surface area is 189 Å². The summed E-state index contributed by atoms with van der Waals surface area (Å²) in [7, 11) is 0. The van der Waals surface area contributed by atoms with E-state index in [0.29, 0.717) is 0 Å². The summed E-state index contributed by atoms with van der Waals surface area (Å²) in [5.41, 5.74) is 0. The minimum absolute atomic E-state index is 0.0162. The average molecular weight is 427 g/mol. The Morgan fingerprint density at radius 2 is 0.897 bits per heavy atom. The van der Waals surface area contributed by atoms with Gasteiger partial charge < -0.3 is 8.53 Å². The average Bonchev–Trinajstić information content (AvgIpc) is 2.72. The monoisotopic (exact) mass is 426 g/mol. The number of ether oxygens (including phenoxy) is 1. The summed E-state index contributed by atoms with van der Waals surface area (Å²) in [5.74, 6) is 0. The van der Waals surface area contributed by atoms with E-state index in [4.69, 9.17) is 8.53 Å². The topological polar surface area (TPSA) is 18.5 Å². The first kappa shape index (κ1) is 29.5. The smallest absolute Gasteiger partial charge is 0.462 e. The molecule has 1 atom stereocenters. The molecule has 0 aromatic rings. The van der Waals surface area contributed by atoms with Crippen LogP contribution in [0.25, 0.3) is 0 Å². The van der Waals surface area contributed by atoms with Crippen molar-refractivity contribution in [3.8, 4) is 0 Å². The highest BCUT2D eigenvalue weighted by atomic mass is 27.2. The maximum absolute atomic E-state index is 6.47. The molecule has 0 saturated heterocycles. The van der Waals surface area contributed by atoms with Crippen LogP contribution >= 0.6 is 0 Å². The first-order valence-corrected chi connectivity index (χ1v) is 15.6. The van der Waals surface area contributed by atoms with E-state index < -0.39 is 14.5 Å². The molecule has 1 unspecified atom stereocenters. The number of hydrogen-bond acceptors (Lipinski definition) is 2. The van der Waals surface area contributed by atoms with Gasteiger partial charge in [-0.1, -0.05) is 140 Å². The summed E-state index contributed by atoms with van der Waals surface area (Å²) in [5, 5.41) is 2.71. The summed E-state index contributed by atoms with van der Waals surface area (Å²) in [6.07, 6.45) is 24.7. The van der Waals surface area contributed by atoms with Crippen molar-refractivity contribution in [3.63, 3.8) is 0 Å². The molecule has 0 aliphatic carbocycles. The van der Waals surface area contributed by atoms with Crippen LogP contribution in [0.4, 0.5) is 0 Å². The van der Waals surface area contributed by atoms with Gasteiger partial charge in [0.2, 0.25) is 0 Å². The van der Waals surface area contributed by atoms with E-state index in [0.717, 1.165) is 6.61 Å². The Hall–Kier alpha value is 0.452. The summed E-state index contributed by atoms with van der Waals surface area (Å²) < 4.78 is 12.5. The number of rotatable bonds is 24. The fourth-order valence-electron chi connectivity index (χ4n) is 4.03.